The second kappa shape index (κ2) is 7.53. The Morgan fingerprint density at radius 1 is 1.26 bits per heavy atom. The summed E-state index contributed by atoms with van der Waals surface area (Å²) >= 11 is 0. The second-order valence-electron chi connectivity index (χ2n) is 5.82. The van der Waals surface area contributed by atoms with E-state index in [9.17, 15) is 4.79 Å². The monoisotopic (exact) mass is 314 g/mol. The number of fused-ring (bicyclic) bond motifs is 1. The van der Waals surface area contributed by atoms with E-state index in [4.69, 9.17) is 9.84 Å². The molecule has 2 heterocycles. The highest BCUT2D eigenvalue weighted by atomic mass is 16.5. The van der Waals surface area contributed by atoms with Gasteiger partial charge in [-0.2, -0.15) is 0 Å². The number of likely N-dealkylation sites (tertiary alicyclic amines) is 1. The Morgan fingerprint density at radius 2 is 2.04 bits per heavy atom. The topological polar surface area (TPSA) is 62.7 Å². The first-order valence-corrected chi connectivity index (χ1v) is 8.15. The molecule has 122 valence electrons. The number of aliphatic hydroxyl groups excluding tert-OH is 1. The summed E-state index contributed by atoms with van der Waals surface area (Å²) in [5.74, 6) is -0.00407. The van der Waals surface area contributed by atoms with Gasteiger partial charge in [-0.15, -0.1) is 0 Å². The summed E-state index contributed by atoms with van der Waals surface area (Å²) in [5.41, 5.74) is 0.530. The third-order valence-corrected chi connectivity index (χ3v) is 4.26. The van der Waals surface area contributed by atoms with Gasteiger partial charge in [0.15, 0.2) is 0 Å². The summed E-state index contributed by atoms with van der Waals surface area (Å²) < 4.78 is 5.71. The smallest absolute Gasteiger partial charge is 0.273 e. The minimum absolute atomic E-state index is 0.00407. The van der Waals surface area contributed by atoms with Crippen molar-refractivity contribution < 1.29 is 14.6 Å². The van der Waals surface area contributed by atoms with Crippen molar-refractivity contribution in [2.45, 2.75) is 25.4 Å². The Morgan fingerprint density at radius 3 is 2.83 bits per heavy atom. The average molecular weight is 314 g/mol. The average Bonchev–Trinajstić information content (AvgIpc) is 2.61. The van der Waals surface area contributed by atoms with Crippen LogP contribution in [0.1, 0.15) is 29.8 Å². The molecule has 5 nitrogen and oxygen atoms in total. The second-order valence-corrected chi connectivity index (χ2v) is 5.82. The molecule has 0 unspecified atom stereocenters. The molecule has 2 aromatic rings. The molecule has 1 saturated heterocycles. The molecule has 1 aromatic heterocycles. The molecule has 0 bridgehead atoms. The van der Waals surface area contributed by atoms with Crippen LogP contribution in [0.2, 0.25) is 0 Å². The molecule has 1 N–H and O–H groups in total. The third kappa shape index (κ3) is 3.68. The van der Waals surface area contributed by atoms with Crippen LogP contribution in [0.4, 0.5) is 0 Å². The summed E-state index contributed by atoms with van der Waals surface area (Å²) in [6, 6.07) is 9.76. The zero-order valence-electron chi connectivity index (χ0n) is 13.1. The summed E-state index contributed by atoms with van der Waals surface area (Å²) in [4.78, 5) is 18.9. The van der Waals surface area contributed by atoms with Gasteiger partial charge in [0, 0.05) is 37.9 Å². The minimum atomic E-state index is -0.00407. The molecule has 0 spiro atoms. The molecule has 1 aliphatic heterocycles. The number of carbonyl (C=O) groups is 1. The van der Waals surface area contributed by atoms with E-state index >= 15 is 0 Å². The van der Waals surface area contributed by atoms with Gasteiger partial charge < -0.3 is 14.7 Å². The van der Waals surface area contributed by atoms with Gasteiger partial charge in [0.1, 0.15) is 5.69 Å². The van der Waals surface area contributed by atoms with E-state index in [0.29, 0.717) is 31.8 Å². The van der Waals surface area contributed by atoms with Gasteiger partial charge in [0.05, 0.1) is 6.10 Å². The molecular weight excluding hydrogens is 292 g/mol. The highest BCUT2D eigenvalue weighted by Crippen LogP contribution is 2.21. The molecule has 1 aliphatic rings. The predicted molar refractivity (Wildman–Crippen MR) is 88.3 cm³/mol. The van der Waals surface area contributed by atoms with Crippen molar-refractivity contribution in [2.75, 3.05) is 26.3 Å². The predicted octanol–water partition coefficient (Wildman–Crippen LogP) is 2.24. The van der Waals surface area contributed by atoms with E-state index in [2.05, 4.69) is 4.98 Å². The number of rotatable bonds is 5. The fourth-order valence-electron chi connectivity index (χ4n) is 2.98. The van der Waals surface area contributed by atoms with Crippen LogP contribution >= 0.6 is 0 Å². The molecule has 3 rings (SSSR count). The molecule has 5 heteroatoms. The fourth-order valence-corrected chi connectivity index (χ4v) is 2.98. The van der Waals surface area contributed by atoms with E-state index in [-0.39, 0.29) is 18.6 Å². The van der Waals surface area contributed by atoms with Gasteiger partial charge in [-0.3, -0.25) is 9.78 Å². The van der Waals surface area contributed by atoms with Crippen LogP contribution in [0, 0.1) is 0 Å². The van der Waals surface area contributed by atoms with E-state index in [1.807, 2.05) is 35.2 Å². The van der Waals surface area contributed by atoms with Crippen molar-refractivity contribution >= 4 is 16.7 Å². The SMILES string of the molecule is O=C(c1nccc2ccccc12)N1CCC(OCCCO)CC1. The zero-order valence-corrected chi connectivity index (χ0v) is 13.1. The van der Waals surface area contributed by atoms with E-state index in [1.165, 1.54) is 0 Å². The number of nitrogens with zero attached hydrogens (tertiary/aromatic N) is 2. The Kier molecular flexibility index (Phi) is 5.20. The van der Waals surface area contributed by atoms with Crippen LogP contribution in [0.3, 0.4) is 0 Å². The zero-order chi connectivity index (χ0) is 16.1. The molecule has 23 heavy (non-hydrogen) atoms. The Balaban J connectivity index is 1.65. The molecule has 1 aromatic carbocycles. The Bertz CT molecular complexity index is 661. The van der Waals surface area contributed by atoms with Gasteiger partial charge in [-0.1, -0.05) is 24.3 Å². The van der Waals surface area contributed by atoms with Crippen LogP contribution in [0.5, 0.6) is 0 Å². The summed E-state index contributed by atoms with van der Waals surface area (Å²) in [6.45, 7) is 2.12. The number of ether oxygens (including phenoxy) is 1. The number of aromatic nitrogens is 1. The normalized spacial score (nSPS) is 16.0. The molecule has 1 amide bonds. The van der Waals surface area contributed by atoms with Crippen LogP contribution in [-0.4, -0.2) is 53.3 Å². The number of benzene rings is 1. The molecule has 0 saturated carbocycles. The standard InChI is InChI=1S/C18H22N2O3/c21-12-3-13-23-15-7-10-20(11-8-15)18(22)17-16-5-2-1-4-14(16)6-9-19-17/h1-2,4-6,9,15,21H,3,7-8,10-13H2. The van der Waals surface area contributed by atoms with Crippen LogP contribution in [0.25, 0.3) is 10.8 Å². The first kappa shape index (κ1) is 15.9. The van der Waals surface area contributed by atoms with Crippen molar-refractivity contribution in [1.29, 1.82) is 0 Å². The van der Waals surface area contributed by atoms with Crippen molar-refractivity contribution in [2.24, 2.45) is 0 Å². The number of hydrogen-bond acceptors (Lipinski definition) is 4. The van der Waals surface area contributed by atoms with Crippen LogP contribution in [0.15, 0.2) is 36.5 Å². The number of aliphatic hydroxyl groups is 1. The molecule has 0 aliphatic carbocycles. The first-order chi connectivity index (χ1) is 11.3. The fraction of sp³-hybridized carbons (Fsp3) is 0.444. The van der Waals surface area contributed by atoms with Crippen molar-refractivity contribution in [3.05, 3.63) is 42.2 Å². The van der Waals surface area contributed by atoms with E-state index in [0.717, 1.165) is 23.6 Å². The molecule has 0 atom stereocenters. The van der Waals surface area contributed by atoms with Gasteiger partial charge in [-0.05, 0) is 30.7 Å². The van der Waals surface area contributed by atoms with Crippen LogP contribution in [-0.2, 0) is 4.74 Å². The molecule has 0 radical (unpaired) electrons. The number of hydrogen-bond donors (Lipinski definition) is 1. The van der Waals surface area contributed by atoms with Gasteiger partial charge in [0.2, 0.25) is 0 Å². The van der Waals surface area contributed by atoms with Crippen molar-refractivity contribution in [1.82, 2.24) is 9.88 Å². The van der Waals surface area contributed by atoms with E-state index in [1.54, 1.807) is 6.20 Å². The van der Waals surface area contributed by atoms with Gasteiger partial charge in [0.25, 0.3) is 5.91 Å². The van der Waals surface area contributed by atoms with Crippen molar-refractivity contribution in [3.8, 4) is 0 Å². The lowest BCUT2D eigenvalue weighted by Crippen LogP contribution is -2.41. The number of piperidine rings is 1. The highest BCUT2D eigenvalue weighted by Gasteiger charge is 2.25. The van der Waals surface area contributed by atoms with E-state index < -0.39 is 0 Å². The number of amides is 1. The minimum Gasteiger partial charge on any atom is -0.396 e. The number of carbonyl (C=O) groups excluding carboxylic acids is 1. The Hall–Kier alpha value is -1.98. The van der Waals surface area contributed by atoms with Gasteiger partial charge in [-0.25, -0.2) is 0 Å². The quantitative estimate of drug-likeness (QED) is 0.860. The molecule has 1 fully saturated rings. The third-order valence-electron chi connectivity index (χ3n) is 4.26. The highest BCUT2D eigenvalue weighted by molar-refractivity contribution is 6.05. The summed E-state index contributed by atoms with van der Waals surface area (Å²) in [6.07, 6.45) is 4.22. The van der Waals surface area contributed by atoms with Crippen LogP contribution < -0.4 is 0 Å². The summed E-state index contributed by atoms with van der Waals surface area (Å²) in [5, 5.41) is 10.7. The maximum absolute atomic E-state index is 12.8. The molecular formula is C18H22N2O3. The maximum atomic E-state index is 12.8. The van der Waals surface area contributed by atoms with Gasteiger partial charge >= 0.3 is 0 Å². The number of pyridine rings is 1. The Labute approximate surface area is 135 Å². The summed E-state index contributed by atoms with van der Waals surface area (Å²) in [7, 11) is 0. The maximum Gasteiger partial charge on any atom is 0.273 e. The first-order valence-electron chi connectivity index (χ1n) is 8.15. The lowest BCUT2D eigenvalue weighted by Gasteiger charge is -2.32. The lowest BCUT2D eigenvalue weighted by molar-refractivity contribution is 0.00389. The largest absolute Gasteiger partial charge is 0.396 e. The lowest BCUT2D eigenvalue weighted by atomic mass is 10.1. The van der Waals surface area contributed by atoms with Crippen molar-refractivity contribution in [3.63, 3.8) is 0 Å².